The molecule has 2 aromatic carbocycles. The summed E-state index contributed by atoms with van der Waals surface area (Å²) < 4.78 is 1.96. The van der Waals surface area contributed by atoms with Crippen LogP contribution in [0.5, 0.6) is 0 Å². The Kier molecular flexibility index (Phi) is 5.42. The molecule has 0 unspecified atom stereocenters. The third-order valence-corrected chi connectivity index (χ3v) is 5.81. The zero-order chi connectivity index (χ0) is 19.7. The molecule has 0 aliphatic carbocycles. The predicted octanol–water partition coefficient (Wildman–Crippen LogP) is 5.19. The number of Topliss-reactive ketones (excluding diaryl/α,β-unsaturated/α-hetero) is 1. The van der Waals surface area contributed by atoms with Crippen molar-refractivity contribution in [1.82, 2.24) is 9.47 Å². The van der Waals surface area contributed by atoms with Gasteiger partial charge in [-0.05, 0) is 43.0 Å². The van der Waals surface area contributed by atoms with Crippen LogP contribution in [0.2, 0.25) is 10.0 Å². The number of hydrogen-bond donors (Lipinski definition) is 0. The van der Waals surface area contributed by atoms with Gasteiger partial charge in [0.25, 0.3) is 11.7 Å². The Morgan fingerprint density at radius 2 is 1.71 bits per heavy atom. The van der Waals surface area contributed by atoms with Crippen LogP contribution >= 0.6 is 23.2 Å². The summed E-state index contributed by atoms with van der Waals surface area (Å²) in [6.45, 7) is 1.80. The van der Waals surface area contributed by atoms with Crippen molar-refractivity contribution in [3.05, 3.63) is 69.8 Å². The van der Waals surface area contributed by atoms with Gasteiger partial charge < -0.3 is 9.47 Å². The molecule has 0 atom stereocenters. The minimum atomic E-state index is -0.445. The average molecular weight is 415 g/mol. The second-order valence-electron chi connectivity index (χ2n) is 7.11. The van der Waals surface area contributed by atoms with E-state index in [0.29, 0.717) is 35.2 Å². The van der Waals surface area contributed by atoms with Crippen LogP contribution in [0, 0.1) is 0 Å². The summed E-state index contributed by atoms with van der Waals surface area (Å²) in [5, 5.41) is 1.93. The van der Waals surface area contributed by atoms with Crippen molar-refractivity contribution in [2.24, 2.45) is 0 Å². The molecule has 144 valence electrons. The molecular formula is C22H20Cl2N2O2. The topological polar surface area (TPSA) is 42.3 Å². The number of fused-ring (bicyclic) bond motifs is 1. The highest BCUT2D eigenvalue weighted by Crippen LogP contribution is 2.27. The molecule has 3 aromatic rings. The number of ketones is 1. The molecule has 0 N–H and O–H groups in total. The molecule has 0 saturated carbocycles. The van der Waals surface area contributed by atoms with E-state index in [1.807, 2.05) is 34.9 Å². The number of nitrogens with zero attached hydrogens (tertiary/aromatic N) is 2. The third kappa shape index (κ3) is 3.67. The molecular weight excluding hydrogens is 395 g/mol. The molecule has 1 aliphatic heterocycles. The summed E-state index contributed by atoms with van der Waals surface area (Å²) in [5.41, 5.74) is 2.23. The fourth-order valence-corrected chi connectivity index (χ4v) is 4.22. The van der Waals surface area contributed by atoms with Crippen LogP contribution < -0.4 is 0 Å². The van der Waals surface area contributed by atoms with Crippen LogP contribution in [0.15, 0.2) is 48.7 Å². The number of hydrogen-bond acceptors (Lipinski definition) is 2. The van der Waals surface area contributed by atoms with E-state index in [1.54, 1.807) is 23.2 Å². The van der Waals surface area contributed by atoms with Crippen molar-refractivity contribution in [2.45, 2.75) is 25.8 Å². The lowest BCUT2D eigenvalue weighted by atomic mass is 10.1. The van der Waals surface area contributed by atoms with Crippen LogP contribution in [0.3, 0.4) is 0 Å². The van der Waals surface area contributed by atoms with E-state index in [9.17, 15) is 9.59 Å². The van der Waals surface area contributed by atoms with Crippen LogP contribution in [0.4, 0.5) is 0 Å². The quantitative estimate of drug-likeness (QED) is 0.435. The molecule has 1 amide bonds. The first-order valence-corrected chi connectivity index (χ1v) is 10.2. The maximum Gasteiger partial charge on any atom is 0.295 e. The van der Waals surface area contributed by atoms with Crippen LogP contribution in [0.1, 0.15) is 35.2 Å². The highest BCUT2D eigenvalue weighted by atomic mass is 35.5. The van der Waals surface area contributed by atoms with Crippen LogP contribution in [0.25, 0.3) is 10.9 Å². The molecule has 0 spiro atoms. The van der Waals surface area contributed by atoms with E-state index in [0.717, 1.165) is 35.7 Å². The number of halogens is 2. The fourth-order valence-electron chi connectivity index (χ4n) is 3.75. The molecule has 1 fully saturated rings. The lowest BCUT2D eigenvalue weighted by molar-refractivity contribution is -0.127. The highest BCUT2D eigenvalue weighted by molar-refractivity contribution is 6.45. The van der Waals surface area contributed by atoms with Gasteiger partial charge in [0.15, 0.2) is 0 Å². The number of para-hydroxylation sites is 1. The SMILES string of the molecule is O=C(C(=O)N1CCCCC1)c1cn(Cc2ccc(Cl)cc2Cl)c2ccccc12. The normalized spacial score (nSPS) is 14.4. The molecule has 0 radical (unpaired) electrons. The smallest absolute Gasteiger partial charge is 0.295 e. The number of benzene rings is 2. The summed E-state index contributed by atoms with van der Waals surface area (Å²) in [6.07, 6.45) is 4.78. The number of rotatable bonds is 4. The number of piperidine rings is 1. The molecule has 4 rings (SSSR count). The first kappa shape index (κ1) is 19.0. The molecule has 2 heterocycles. The Morgan fingerprint density at radius 3 is 2.46 bits per heavy atom. The van der Waals surface area contributed by atoms with Crippen molar-refractivity contribution < 1.29 is 9.59 Å². The number of carbonyl (C=O) groups excluding carboxylic acids is 2. The Balaban J connectivity index is 1.70. The standard InChI is InChI=1S/C22H20Cl2N2O2/c23-16-9-8-15(19(24)12-16)13-26-14-18(17-6-2-3-7-20(17)26)21(27)22(28)25-10-4-1-5-11-25/h2-3,6-9,12,14H,1,4-5,10-11,13H2. The van der Waals surface area contributed by atoms with Gasteiger partial charge in [0, 0.05) is 46.8 Å². The number of carbonyl (C=O) groups is 2. The van der Waals surface area contributed by atoms with Crippen molar-refractivity contribution in [3.8, 4) is 0 Å². The molecule has 1 saturated heterocycles. The summed E-state index contributed by atoms with van der Waals surface area (Å²) >= 11 is 12.3. The van der Waals surface area contributed by atoms with E-state index in [1.165, 1.54) is 0 Å². The third-order valence-electron chi connectivity index (χ3n) is 5.23. The first-order chi connectivity index (χ1) is 13.5. The summed E-state index contributed by atoms with van der Waals surface area (Å²) in [6, 6.07) is 13.0. The fraction of sp³-hybridized carbons (Fsp3) is 0.273. The van der Waals surface area contributed by atoms with Gasteiger partial charge in [-0.1, -0.05) is 47.5 Å². The second kappa shape index (κ2) is 7.98. The van der Waals surface area contributed by atoms with Crippen molar-refractivity contribution >= 4 is 45.8 Å². The zero-order valence-electron chi connectivity index (χ0n) is 15.3. The molecule has 28 heavy (non-hydrogen) atoms. The summed E-state index contributed by atoms with van der Waals surface area (Å²) in [4.78, 5) is 27.4. The Labute approximate surface area is 173 Å². The van der Waals surface area contributed by atoms with Gasteiger partial charge in [-0.15, -0.1) is 0 Å². The zero-order valence-corrected chi connectivity index (χ0v) is 16.8. The highest BCUT2D eigenvalue weighted by Gasteiger charge is 2.27. The van der Waals surface area contributed by atoms with Crippen molar-refractivity contribution in [2.75, 3.05) is 13.1 Å². The average Bonchev–Trinajstić information content (AvgIpc) is 3.08. The van der Waals surface area contributed by atoms with Gasteiger partial charge in [0.2, 0.25) is 0 Å². The molecule has 0 bridgehead atoms. The van der Waals surface area contributed by atoms with Crippen LogP contribution in [-0.2, 0) is 11.3 Å². The molecule has 4 nitrogen and oxygen atoms in total. The van der Waals surface area contributed by atoms with Gasteiger partial charge in [-0.2, -0.15) is 0 Å². The number of likely N-dealkylation sites (tertiary alicyclic amines) is 1. The van der Waals surface area contributed by atoms with Gasteiger partial charge in [0.1, 0.15) is 0 Å². The summed E-state index contributed by atoms with van der Waals surface area (Å²) in [5.74, 6) is -0.855. The minimum Gasteiger partial charge on any atom is -0.342 e. The van der Waals surface area contributed by atoms with E-state index >= 15 is 0 Å². The number of aromatic nitrogens is 1. The lowest BCUT2D eigenvalue weighted by Gasteiger charge is -2.25. The van der Waals surface area contributed by atoms with E-state index in [-0.39, 0.29) is 0 Å². The second-order valence-corrected chi connectivity index (χ2v) is 7.95. The van der Waals surface area contributed by atoms with Gasteiger partial charge in [-0.25, -0.2) is 0 Å². The summed E-state index contributed by atoms with van der Waals surface area (Å²) in [7, 11) is 0. The van der Waals surface area contributed by atoms with E-state index < -0.39 is 11.7 Å². The van der Waals surface area contributed by atoms with E-state index in [4.69, 9.17) is 23.2 Å². The predicted molar refractivity (Wildman–Crippen MR) is 112 cm³/mol. The first-order valence-electron chi connectivity index (χ1n) is 9.40. The van der Waals surface area contributed by atoms with Gasteiger partial charge in [-0.3, -0.25) is 9.59 Å². The van der Waals surface area contributed by atoms with Crippen molar-refractivity contribution in [3.63, 3.8) is 0 Å². The Hall–Kier alpha value is -2.30. The minimum absolute atomic E-state index is 0.410. The van der Waals surface area contributed by atoms with E-state index in [2.05, 4.69) is 0 Å². The number of amides is 1. The Bertz CT molecular complexity index is 1050. The Morgan fingerprint density at radius 1 is 0.964 bits per heavy atom. The molecule has 1 aliphatic rings. The molecule has 6 heteroatoms. The van der Waals surface area contributed by atoms with Gasteiger partial charge >= 0.3 is 0 Å². The largest absolute Gasteiger partial charge is 0.342 e. The van der Waals surface area contributed by atoms with Crippen molar-refractivity contribution in [1.29, 1.82) is 0 Å². The molecule has 1 aromatic heterocycles. The maximum absolute atomic E-state index is 13.0. The van der Waals surface area contributed by atoms with Crippen LogP contribution in [-0.4, -0.2) is 34.2 Å². The lowest BCUT2D eigenvalue weighted by Crippen LogP contribution is -2.40. The van der Waals surface area contributed by atoms with Gasteiger partial charge in [0.05, 0.1) is 5.56 Å². The monoisotopic (exact) mass is 414 g/mol. The maximum atomic E-state index is 13.0.